The van der Waals surface area contributed by atoms with Crippen molar-refractivity contribution in [1.82, 2.24) is 0 Å². The SMILES string of the molecule is OC(CC(Cl)=C(Cl)Cl)=C1C=CC=C1.OC(CC(Cl)=C(Cl)Cl)=C1C=CC=C1.[Fe]. The van der Waals surface area contributed by atoms with Crippen molar-refractivity contribution in [3.8, 4) is 0 Å². The molecule has 0 heterocycles. The van der Waals surface area contributed by atoms with Gasteiger partial charge in [0.1, 0.15) is 20.5 Å². The third kappa shape index (κ3) is 10.2. The second-order valence-electron chi connectivity index (χ2n) is 4.92. The molecule has 0 bridgehead atoms. The fraction of sp³-hybridized carbons (Fsp3) is 0.111. The molecular formula is C18H14Cl6FeO2. The van der Waals surface area contributed by atoms with E-state index in [0.29, 0.717) is 0 Å². The Morgan fingerprint density at radius 1 is 0.593 bits per heavy atom. The third-order valence-electron chi connectivity index (χ3n) is 3.05. The maximum atomic E-state index is 9.51. The molecule has 0 radical (unpaired) electrons. The third-order valence-corrected chi connectivity index (χ3v) is 4.99. The Labute approximate surface area is 198 Å². The standard InChI is InChI=1S/2C9H7Cl3O.Fe/c2*10-7(9(11)12)5-8(13)6-3-1-2-4-6;/h2*1-4,13H,5H2;. The van der Waals surface area contributed by atoms with Gasteiger partial charge in [0.25, 0.3) is 0 Å². The van der Waals surface area contributed by atoms with E-state index in [1.807, 2.05) is 24.3 Å². The normalized spacial score (nSPS) is 13.1. The summed E-state index contributed by atoms with van der Waals surface area (Å²) in [7, 11) is 0. The van der Waals surface area contributed by atoms with E-state index in [4.69, 9.17) is 69.6 Å². The number of hydrogen-bond acceptors (Lipinski definition) is 2. The number of aliphatic hydroxyl groups is 2. The van der Waals surface area contributed by atoms with Gasteiger partial charge in [-0.1, -0.05) is 118 Å². The van der Waals surface area contributed by atoms with E-state index < -0.39 is 0 Å². The first-order valence-electron chi connectivity index (χ1n) is 7.15. The van der Waals surface area contributed by atoms with Gasteiger partial charge >= 0.3 is 0 Å². The van der Waals surface area contributed by atoms with Crippen LogP contribution in [0.25, 0.3) is 0 Å². The van der Waals surface area contributed by atoms with E-state index in [1.54, 1.807) is 24.3 Å². The quantitative estimate of drug-likeness (QED) is 0.283. The number of rotatable bonds is 4. The van der Waals surface area contributed by atoms with Gasteiger partial charge < -0.3 is 10.2 Å². The van der Waals surface area contributed by atoms with Gasteiger partial charge in [-0.2, -0.15) is 0 Å². The molecule has 0 saturated heterocycles. The van der Waals surface area contributed by atoms with Crippen molar-refractivity contribution in [2.24, 2.45) is 0 Å². The van der Waals surface area contributed by atoms with Gasteiger partial charge in [-0.05, 0) is 0 Å². The van der Waals surface area contributed by atoms with Crippen molar-refractivity contribution in [3.63, 3.8) is 0 Å². The molecule has 0 aromatic carbocycles. The maximum absolute atomic E-state index is 9.51. The topological polar surface area (TPSA) is 40.5 Å². The molecule has 0 unspecified atom stereocenters. The molecule has 0 aliphatic heterocycles. The Kier molecular flexibility index (Phi) is 13.8. The number of hydrogen-bond donors (Lipinski definition) is 2. The molecule has 148 valence electrons. The molecule has 0 spiro atoms. The van der Waals surface area contributed by atoms with E-state index in [9.17, 15) is 10.2 Å². The Morgan fingerprint density at radius 2 is 0.852 bits per heavy atom. The van der Waals surface area contributed by atoms with Crippen molar-refractivity contribution in [2.45, 2.75) is 12.8 Å². The number of halogens is 6. The van der Waals surface area contributed by atoms with Gasteiger partial charge in [0, 0.05) is 41.1 Å². The summed E-state index contributed by atoms with van der Waals surface area (Å²) in [5.74, 6) is 0.322. The minimum absolute atomic E-state index is 0. The van der Waals surface area contributed by atoms with Crippen LogP contribution in [0.1, 0.15) is 12.8 Å². The van der Waals surface area contributed by atoms with Crippen molar-refractivity contribution in [2.75, 3.05) is 0 Å². The second-order valence-corrected chi connectivity index (χ2v) is 7.74. The predicted octanol–water partition coefficient (Wildman–Crippen LogP) is 8.40. The monoisotopic (exact) mass is 528 g/mol. The van der Waals surface area contributed by atoms with Crippen LogP contribution in [-0.4, -0.2) is 10.2 Å². The summed E-state index contributed by atoms with van der Waals surface area (Å²) < 4.78 is -0.0282. The summed E-state index contributed by atoms with van der Waals surface area (Å²) in [5, 5.41) is 19.5. The zero-order chi connectivity index (χ0) is 19.7. The molecule has 2 rings (SSSR count). The zero-order valence-corrected chi connectivity index (χ0v) is 19.2. The van der Waals surface area contributed by atoms with Gasteiger partial charge in [0.15, 0.2) is 0 Å². The molecular weight excluding hydrogens is 517 g/mol. The Balaban J connectivity index is 0.000000483. The van der Waals surface area contributed by atoms with Gasteiger partial charge in [-0.25, -0.2) is 0 Å². The minimum Gasteiger partial charge on any atom is -0.511 e. The summed E-state index contributed by atoms with van der Waals surface area (Å²) in [5.41, 5.74) is 1.46. The minimum atomic E-state index is -0.0141. The molecule has 2 aliphatic rings. The van der Waals surface area contributed by atoms with Crippen molar-refractivity contribution >= 4 is 69.6 Å². The fourth-order valence-electron chi connectivity index (χ4n) is 1.76. The molecule has 2 nitrogen and oxygen atoms in total. The van der Waals surface area contributed by atoms with Gasteiger partial charge in [-0.3, -0.25) is 0 Å². The summed E-state index contributed by atoms with van der Waals surface area (Å²) in [4.78, 5) is 0. The Hall–Kier alpha value is -0.221. The second kappa shape index (κ2) is 13.9. The molecule has 0 aromatic rings. The summed E-state index contributed by atoms with van der Waals surface area (Å²) in [6, 6.07) is 0. The van der Waals surface area contributed by atoms with Crippen LogP contribution in [0.5, 0.6) is 0 Å². The van der Waals surface area contributed by atoms with Crippen LogP contribution in [0.3, 0.4) is 0 Å². The van der Waals surface area contributed by atoms with E-state index >= 15 is 0 Å². The smallest absolute Gasteiger partial charge is 0.121 e. The first kappa shape index (κ1) is 26.8. The molecule has 9 heteroatoms. The van der Waals surface area contributed by atoms with Crippen molar-refractivity contribution < 1.29 is 27.3 Å². The van der Waals surface area contributed by atoms with Gasteiger partial charge in [0.2, 0.25) is 0 Å². The largest absolute Gasteiger partial charge is 0.511 e. The molecule has 2 N–H and O–H groups in total. The van der Waals surface area contributed by atoms with E-state index in [0.717, 1.165) is 11.1 Å². The van der Waals surface area contributed by atoms with E-state index in [2.05, 4.69) is 0 Å². The van der Waals surface area contributed by atoms with Crippen molar-refractivity contribution in [3.05, 3.63) is 90.3 Å². The van der Waals surface area contributed by atoms with Crippen LogP contribution >= 0.6 is 69.6 Å². The summed E-state index contributed by atoms with van der Waals surface area (Å²) in [6.07, 6.45) is 14.7. The Morgan fingerprint density at radius 3 is 1.07 bits per heavy atom. The first-order valence-corrected chi connectivity index (χ1v) is 9.42. The van der Waals surface area contributed by atoms with Crippen LogP contribution in [0, 0.1) is 0 Å². The first-order chi connectivity index (χ1) is 12.2. The zero-order valence-electron chi connectivity index (χ0n) is 13.5. The van der Waals surface area contributed by atoms with E-state index in [1.165, 1.54) is 0 Å². The summed E-state index contributed by atoms with van der Waals surface area (Å²) >= 11 is 33.0. The van der Waals surface area contributed by atoms with Crippen LogP contribution in [-0.2, 0) is 17.1 Å². The molecule has 0 atom stereocenters. The molecule has 2 aliphatic carbocycles. The molecule has 0 saturated carbocycles. The molecule has 0 fully saturated rings. The number of allylic oxidation sites excluding steroid dienone is 12. The van der Waals surface area contributed by atoms with Gasteiger partial charge in [-0.15, -0.1) is 0 Å². The molecule has 27 heavy (non-hydrogen) atoms. The molecule has 0 aromatic heterocycles. The fourth-order valence-corrected chi connectivity index (χ4v) is 2.28. The summed E-state index contributed by atoms with van der Waals surface area (Å²) in [6.45, 7) is 0. The number of aliphatic hydroxyl groups excluding tert-OH is 2. The van der Waals surface area contributed by atoms with Crippen LogP contribution in [0.4, 0.5) is 0 Å². The predicted molar refractivity (Wildman–Crippen MR) is 114 cm³/mol. The van der Waals surface area contributed by atoms with Crippen molar-refractivity contribution in [1.29, 1.82) is 0 Å². The maximum Gasteiger partial charge on any atom is 0.121 e. The average Bonchev–Trinajstić information content (AvgIpc) is 3.28. The molecule has 0 amide bonds. The van der Waals surface area contributed by atoms with E-state index in [-0.39, 0.29) is 60.5 Å². The van der Waals surface area contributed by atoms with Gasteiger partial charge in [0.05, 0.1) is 10.1 Å². The van der Waals surface area contributed by atoms with Crippen LogP contribution in [0.2, 0.25) is 0 Å². The van der Waals surface area contributed by atoms with Crippen LogP contribution in [0.15, 0.2) is 90.3 Å². The van der Waals surface area contributed by atoms with Crippen LogP contribution < -0.4 is 0 Å². The Bertz CT molecular complexity index is 684. The average molecular weight is 531 g/mol.